The van der Waals surface area contributed by atoms with Crippen molar-refractivity contribution in [1.29, 1.82) is 0 Å². The van der Waals surface area contributed by atoms with Crippen LogP contribution in [0.5, 0.6) is 0 Å². The Morgan fingerprint density at radius 2 is 2.38 bits per heavy atom. The second-order valence-electron chi connectivity index (χ2n) is 3.28. The first kappa shape index (κ1) is 10.2. The molecule has 0 aliphatic rings. The molecule has 1 heterocycles. The van der Waals surface area contributed by atoms with Crippen LogP contribution in [0.2, 0.25) is 0 Å². The maximum absolute atomic E-state index is 4.20. The largest absolute Gasteiger partial charge is 0.317 e. The minimum atomic E-state index is 0.521. The summed E-state index contributed by atoms with van der Waals surface area (Å²) in [6.07, 6.45) is 4.95. The Balaban J connectivity index is 2.51. The van der Waals surface area contributed by atoms with Gasteiger partial charge in [0.25, 0.3) is 0 Å². The Kier molecular flexibility index (Phi) is 3.89. The van der Waals surface area contributed by atoms with E-state index in [9.17, 15) is 0 Å². The molecule has 0 aliphatic heterocycles. The van der Waals surface area contributed by atoms with E-state index in [1.165, 1.54) is 12.8 Å². The molecule has 13 heavy (non-hydrogen) atoms. The number of aryl methyl sites for hydroxylation is 1. The third-order valence-electron chi connectivity index (χ3n) is 2.28. The minimum Gasteiger partial charge on any atom is -0.317 e. The van der Waals surface area contributed by atoms with E-state index in [1.54, 1.807) is 6.33 Å². The lowest BCUT2D eigenvalue weighted by molar-refractivity contribution is 0.492. The van der Waals surface area contributed by atoms with Crippen LogP contribution in [0.25, 0.3) is 0 Å². The van der Waals surface area contributed by atoms with Crippen LogP contribution in [0.15, 0.2) is 6.33 Å². The second-order valence-corrected chi connectivity index (χ2v) is 3.28. The van der Waals surface area contributed by atoms with Crippen LogP contribution in [0, 0.1) is 0 Å². The van der Waals surface area contributed by atoms with Crippen molar-refractivity contribution in [3.8, 4) is 0 Å². The first-order valence-electron chi connectivity index (χ1n) is 4.78. The van der Waals surface area contributed by atoms with E-state index in [2.05, 4.69) is 22.3 Å². The van der Waals surface area contributed by atoms with Crippen molar-refractivity contribution in [3.63, 3.8) is 0 Å². The highest BCUT2D eigenvalue weighted by molar-refractivity contribution is 4.88. The van der Waals surface area contributed by atoms with Gasteiger partial charge in [0, 0.05) is 19.5 Å². The fraction of sp³-hybridized carbons (Fsp3) is 0.778. The van der Waals surface area contributed by atoms with Gasteiger partial charge in [0.15, 0.2) is 0 Å². The maximum Gasteiger partial charge on any atom is 0.138 e. The quantitative estimate of drug-likeness (QED) is 0.730. The van der Waals surface area contributed by atoms with Crippen molar-refractivity contribution in [2.24, 2.45) is 7.05 Å². The molecular weight excluding hydrogens is 164 g/mol. The van der Waals surface area contributed by atoms with E-state index in [-0.39, 0.29) is 0 Å². The van der Waals surface area contributed by atoms with Gasteiger partial charge in [-0.15, -0.1) is 0 Å². The van der Waals surface area contributed by atoms with E-state index in [4.69, 9.17) is 0 Å². The molecule has 1 aromatic rings. The molecule has 1 N–H and O–H groups in total. The standard InChI is InChI=1S/C9H18N4/c1-4-5-8(10-2)6-9-11-7-12-13(9)3/h7-8,10H,4-6H2,1-3H3. The predicted molar refractivity (Wildman–Crippen MR) is 52.5 cm³/mol. The van der Waals surface area contributed by atoms with Crippen molar-refractivity contribution in [2.75, 3.05) is 7.05 Å². The second kappa shape index (κ2) is 4.97. The summed E-state index contributed by atoms with van der Waals surface area (Å²) in [5, 5.41) is 7.33. The summed E-state index contributed by atoms with van der Waals surface area (Å²) in [6.45, 7) is 2.20. The first-order chi connectivity index (χ1) is 6.27. The zero-order valence-corrected chi connectivity index (χ0v) is 8.62. The Labute approximate surface area is 79.4 Å². The molecule has 0 aliphatic carbocycles. The smallest absolute Gasteiger partial charge is 0.138 e. The summed E-state index contributed by atoms with van der Waals surface area (Å²) in [7, 11) is 3.93. The fourth-order valence-corrected chi connectivity index (χ4v) is 1.42. The summed E-state index contributed by atoms with van der Waals surface area (Å²) in [5.41, 5.74) is 0. The summed E-state index contributed by atoms with van der Waals surface area (Å²) in [5.74, 6) is 1.05. The first-order valence-corrected chi connectivity index (χ1v) is 4.78. The maximum atomic E-state index is 4.20. The molecule has 0 saturated heterocycles. The highest BCUT2D eigenvalue weighted by Gasteiger charge is 2.09. The van der Waals surface area contributed by atoms with E-state index < -0.39 is 0 Å². The van der Waals surface area contributed by atoms with Gasteiger partial charge in [0.1, 0.15) is 12.2 Å². The number of likely N-dealkylation sites (N-methyl/N-ethyl adjacent to an activating group) is 1. The highest BCUT2D eigenvalue weighted by Crippen LogP contribution is 2.03. The number of nitrogens with zero attached hydrogens (tertiary/aromatic N) is 3. The van der Waals surface area contributed by atoms with Crippen LogP contribution in [-0.4, -0.2) is 27.9 Å². The molecule has 0 aromatic carbocycles. The molecule has 74 valence electrons. The van der Waals surface area contributed by atoms with Crippen molar-refractivity contribution >= 4 is 0 Å². The van der Waals surface area contributed by atoms with Gasteiger partial charge in [-0.2, -0.15) is 5.10 Å². The molecule has 1 unspecified atom stereocenters. The molecule has 0 saturated carbocycles. The molecule has 4 heteroatoms. The Bertz CT molecular complexity index is 244. The molecule has 0 spiro atoms. The van der Waals surface area contributed by atoms with Gasteiger partial charge < -0.3 is 5.32 Å². The summed E-state index contributed by atoms with van der Waals surface area (Å²) < 4.78 is 1.83. The zero-order chi connectivity index (χ0) is 9.68. The Morgan fingerprint density at radius 1 is 1.62 bits per heavy atom. The molecule has 1 aromatic heterocycles. The van der Waals surface area contributed by atoms with E-state index in [0.29, 0.717) is 6.04 Å². The predicted octanol–water partition coefficient (Wildman–Crippen LogP) is 0.746. The van der Waals surface area contributed by atoms with Gasteiger partial charge >= 0.3 is 0 Å². The fourth-order valence-electron chi connectivity index (χ4n) is 1.42. The normalized spacial score (nSPS) is 13.2. The number of hydrogen-bond acceptors (Lipinski definition) is 3. The van der Waals surface area contributed by atoms with Crippen LogP contribution in [0.3, 0.4) is 0 Å². The van der Waals surface area contributed by atoms with Gasteiger partial charge in [-0.25, -0.2) is 4.98 Å². The average Bonchev–Trinajstić information content (AvgIpc) is 2.51. The van der Waals surface area contributed by atoms with Crippen molar-refractivity contribution in [1.82, 2.24) is 20.1 Å². The Hall–Kier alpha value is -0.900. The lowest BCUT2D eigenvalue weighted by Crippen LogP contribution is -2.28. The van der Waals surface area contributed by atoms with Crippen LogP contribution in [0.1, 0.15) is 25.6 Å². The van der Waals surface area contributed by atoms with Gasteiger partial charge in [0.2, 0.25) is 0 Å². The van der Waals surface area contributed by atoms with Crippen molar-refractivity contribution < 1.29 is 0 Å². The third-order valence-corrected chi connectivity index (χ3v) is 2.28. The Morgan fingerprint density at radius 3 is 2.85 bits per heavy atom. The number of aromatic nitrogens is 3. The van der Waals surface area contributed by atoms with E-state index >= 15 is 0 Å². The van der Waals surface area contributed by atoms with Gasteiger partial charge in [-0.05, 0) is 13.5 Å². The lowest BCUT2D eigenvalue weighted by Gasteiger charge is -2.13. The van der Waals surface area contributed by atoms with Crippen LogP contribution in [-0.2, 0) is 13.5 Å². The molecule has 1 atom stereocenters. The van der Waals surface area contributed by atoms with Crippen molar-refractivity contribution in [2.45, 2.75) is 32.2 Å². The molecule has 0 radical (unpaired) electrons. The summed E-state index contributed by atoms with van der Waals surface area (Å²) >= 11 is 0. The molecule has 0 fully saturated rings. The summed E-state index contributed by atoms with van der Waals surface area (Å²) in [4.78, 5) is 4.20. The van der Waals surface area contributed by atoms with Crippen LogP contribution in [0.4, 0.5) is 0 Å². The monoisotopic (exact) mass is 182 g/mol. The van der Waals surface area contributed by atoms with Crippen LogP contribution >= 0.6 is 0 Å². The van der Waals surface area contributed by atoms with Gasteiger partial charge in [-0.3, -0.25) is 4.68 Å². The molecule has 0 bridgehead atoms. The third kappa shape index (κ3) is 2.81. The highest BCUT2D eigenvalue weighted by atomic mass is 15.3. The molecule has 1 rings (SSSR count). The minimum absolute atomic E-state index is 0.521. The molecule has 0 amide bonds. The van der Waals surface area contributed by atoms with E-state index in [0.717, 1.165) is 12.2 Å². The van der Waals surface area contributed by atoms with Gasteiger partial charge in [0.05, 0.1) is 0 Å². The molecule has 4 nitrogen and oxygen atoms in total. The average molecular weight is 182 g/mol. The molecular formula is C9H18N4. The number of rotatable bonds is 5. The number of hydrogen-bond donors (Lipinski definition) is 1. The van der Waals surface area contributed by atoms with Gasteiger partial charge in [-0.1, -0.05) is 13.3 Å². The summed E-state index contributed by atoms with van der Waals surface area (Å²) in [6, 6.07) is 0.521. The lowest BCUT2D eigenvalue weighted by atomic mass is 10.1. The SMILES string of the molecule is CCCC(Cc1ncnn1C)NC. The zero-order valence-electron chi connectivity index (χ0n) is 8.62. The topological polar surface area (TPSA) is 42.7 Å². The number of nitrogens with one attached hydrogen (secondary N) is 1. The van der Waals surface area contributed by atoms with Crippen molar-refractivity contribution in [3.05, 3.63) is 12.2 Å². The van der Waals surface area contributed by atoms with Crippen LogP contribution < -0.4 is 5.32 Å². The van der Waals surface area contributed by atoms with E-state index in [1.807, 2.05) is 18.8 Å².